The molecule has 0 saturated heterocycles. The molecule has 1 heterocycles. The first-order valence-electron chi connectivity index (χ1n) is 5.07. The van der Waals surface area contributed by atoms with Gasteiger partial charge in [-0.1, -0.05) is 6.07 Å². The highest BCUT2D eigenvalue weighted by Gasteiger charge is 2.31. The van der Waals surface area contributed by atoms with Crippen molar-refractivity contribution in [1.29, 1.82) is 0 Å². The number of furan rings is 1. The molecule has 4 heteroatoms. The van der Waals surface area contributed by atoms with Crippen LogP contribution in [0, 0.1) is 0 Å². The zero-order valence-electron chi connectivity index (χ0n) is 8.97. The van der Waals surface area contributed by atoms with Crippen LogP contribution in [-0.2, 0) is 5.67 Å². The fourth-order valence-corrected chi connectivity index (χ4v) is 1.75. The van der Waals surface area contributed by atoms with Gasteiger partial charge in [0.25, 0.3) is 0 Å². The number of hydrogen-bond acceptors (Lipinski definition) is 2. The van der Waals surface area contributed by atoms with E-state index in [0.29, 0.717) is 11.1 Å². The van der Waals surface area contributed by atoms with Gasteiger partial charge < -0.3 is 9.73 Å². The third-order valence-electron chi connectivity index (χ3n) is 2.64. The van der Waals surface area contributed by atoms with E-state index in [2.05, 4.69) is 5.32 Å². The third-order valence-corrected chi connectivity index (χ3v) is 2.64. The summed E-state index contributed by atoms with van der Waals surface area (Å²) < 4.78 is 32.2. The summed E-state index contributed by atoms with van der Waals surface area (Å²) >= 11 is 0. The second-order valence-corrected chi connectivity index (χ2v) is 3.80. The van der Waals surface area contributed by atoms with E-state index < -0.39 is 12.3 Å². The van der Waals surface area contributed by atoms with E-state index in [1.807, 2.05) is 0 Å². The molecule has 86 valence electrons. The highest BCUT2D eigenvalue weighted by atomic mass is 19.2. The highest BCUT2D eigenvalue weighted by Crippen LogP contribution is 2.29. The lowest BCUT2D eigenvalue weighted by Crippen LogP contribution is -2.34. The third kappa shape index (κ3) is 1.80. The van der Waals surface area contributed by atoms with Crippen molar-refractivity contribution in [3.8, 4) is 0 Å². The molecule has 1 aromatic heterocycles. The van der Waals surface area contributed by atoms with E-state index in [4.69, 9.17) is 4.42 Å². The van der Waals surface area contributed by atoms with E-state index in [-0.39, 0.29) is 6.54 Å². The Morgan fingerprint density at radius 2 is 2.19 bits per heavy atom. The maximum absolute atomic E-state index is 14.2. The van der Waals surface area contributed by atoms with Crippen LogP contribution in [0.15, 0.2) is 34.9 Å². The lowest BCUT2D eigenvalue weighted by molar-refractivity contribution is 0.120. The Labute approximate surface area is 92.2 Å². The predicted octanol–water partition coefficient (Wildman–Crippen LogP) is 2.79. The second kappa shape index (κ2) is 4.22. The van der Waals surface area contributed by atoms with Crippen LogP contribution in [0.2, 0.25) is 0 Å². The first kappa shape index (κ1) is 11.1. The molecule has 1 unspecified atom stereocenters. The van der Waals surface area contributed by atoms with Crippen molar-refractivity contribution in [2.45, 2.75) is 5.67 Å². The molecule has 0 bridgehead atoms. The Kier molecular flexibility index (Phi) is 2.92. The van der Waals surface area contributed by atoms with Gasteiger partial charge in [0.05, 0.1) is 6.26 Å². The number of hydrogen-bond donors (Lipinski definition) is 1. The number of fused-ring (bicyclic) bond motifs is 1. The van der Waals surface area contributed by atoms with Crippen molar-refractivity contribution in [2.24, 2.45) is 0 Å². The zero-order valence-corrected chi connectivity index (χ0v) is 8.97. The van der Waals surface area contributed by atoms with Crippen molar-refractivity contribution in [1.82, 2.24) is 5.32 Å². The van der Waals surface area contributed by atoms with Crippen LogP contribution in [0.1, 0.15) is 5.56 Å². The van der Waals surface area contributed by atoms with Crippen molar-refractivity contribution in [3.05, 3.63) is 36.1 Å². The summed E-state index contributed by atoms with van der Waals surface area (Å²) in [5.41, 5.74) is -0.965. The van der Waals surface area contributed by atoms with Gasteiger partial charge in [-0.3, -0.25) is 0 Å². The minimum Gasteiger partial charge on any atom is -0.464 e. The molecule has 2 aromatic rings. The van der Waals surface area contributed by atoms with E-state index in [0.717, 1.165) is 5.39 Å². The van der Waals surface area contributed by atoms with Crippen LogP contribution in [0.4, 0.5) is 8.78 Å². The first-order valence-corrected chi connectivity index (χ1v) is 5.07. The normalized spacial score (nSPS) is 15.2. The lowest BCUT2D eigenvalue weighted by Gasteiger charge is -2.22. The zero-order chi connectivity index (χ0) is 11.6. The summed E-state index contributed by atoms with van der Waals surface area (Å²) in [6.07, 6.45) is 1.53. The van der Waals surface area contributed by atoms with Gasteiger partial charge in [0.15, 0.2) is 5.67 Å². The van der Waals surface area contributed by atoms with Gasteiger partial charge in [-0.05, 0) is 30.8 Å². The monoisotopic (exact) mass is 225 g/mol. The molecule has 1 N–H and O–H groups in total. The molecule has 0 aliphatic carbocycles. The lowest BCUT2D eigenvalue weighted by atomic mass is 9.96. The number of halogens is 2. The molecular formula is C12H13F2NO. The summed E-state index contributed by atoms with van der Waals surface area (Å²) in [4.78, 5) is 0. The summed E-state index contributed by atoms with van der Waals surface area (Å²) in [5, 5.41) is 3.44. The Bertz CT molecular complexity index is 483. The smallest absolute Gasteiger partial charge is 0.176 e. The van der Waals surface area contributed by atoms with Gasteiger partial charge >= 0.3 is 0 Å². The van der Waals surface area contributed by atoms with Gasteiger partial charge in [0.1, 0.15) is 12.3 Å². The molecule has 0 aliphatic rings. The largest absolute Gasteiger partial charge is 0.464 e. The van der Waals surface area contributed by atoms with Crippen molar-refractivity contribution in [2.75, 3.05) is 20.3 Å². The number of likely N-dealkylation sites (N-methyl/N-ethyl adjacent to an activating group) is 1. The van der Waals surface area contributed by atoms with Crippen molar-refractivity contribution >= 4 is 11.0 Å². The Balaban J connectivity index is 2.44. The predicted molar refractivity (Wildman–Crippen MR) is 58.9 cm³/mol. The fraction of sp³-hybridized carbons (Fsp3) is 0.333. The van der Waals surface area contributed by atoms with Crippen LogP contribution in [0.3, 0.4) is 0 Å². The molecule has 0 amide bonds. The Hall–Kier alpha value is -1.42. The standard InChI is InChI=1S/C12H13F2NO/c1-15-8-12(14,7-13)10-2-3-11-9(6-10)4-5-16-11/h2-6,15H,7-8H2,1H3. The molecule has 0 radical (unpaired) electrons. The minimum atomic E-state index is -1.97. The molecular weight excluding hydrogens is 212 g/mol. The average Bonchev–Trinajstić information content (AvgIpc) is 2.76. The first-order chi connectivity index (χ1) is 7.69. The summed E-state index contributed by atoms with van der Waals surface area (Å²) in [6.45, 7) is -1.09. The number of alkyl halides is 2. The Morgan fingerprint density at radius 1 is 1.38 bits per heavy atom. The molecule has 0 spiro atoms. The van der Waals surface area contributed by atoms with Gasteiger partial charge in [-0.2, -0.15) is 0 Å². The maximum Gasteiger partial charge on any atom is 0.176 e. The highest BCUT2D eigenvalue weighted by molar-refractivity contribution is 5.78. The van der Waals surface area contributed by atoms with Crippen molar-refractivity contribution < 1.29 is 13.2 Å². The molecule has 2 nitrogen and oxygen atoms in total. The number of nitrogens with one attached hydrogen (secondary N) is 1. The second-order valence-electron chi connectivity index (χ2n) is 3.80. The van der Waals surface area contributed by atoms with Crippen LogP contribution >= 0.6 is 0 Å². The SMILES string of the molecule is CNCC(F)(CF)c1ccc2occc2c1. The van der Waals surface area contributed by atoms with Crippen LogP contribution in [-0.4, -0.2) is 20.3 Å². The Morgan fingerprint density at radius 3 is 2.88 bits per heavy atom. The van der Waals surface area contributed by atoms with Gasteiger partial charge in [-0.25, -0.2) is 8.78 Å². The van der Waals surface area contributed by atoms with E-state index >= 15 is 0 Å². The molecule has 0 saturated carbocycles. The fourth-order valence-electron chi connectivity index (χ4n) is 1.75. The topological polar surface area (TPSA) is 25.2 Å². The maximum atomic E-state index is 14.2. The molecule has 1 atom stereocenters. The number of benzene rings is 1. The van der Waals surface area contributed by atoms with Crippen LogP contribution < -0.4 is 5.32 Å². The van der Waals surface area contributed by atoms with Crippen LogP contribution in [0.5, 0.6) is 0 Å². The van der Waals surface area contributed by atoms with Gasteiger partial charge in [-0.15, -0.1) is 0 Å². The summed E-state index contributed by atoms with van der Waals surface area (Å²) in [7, 11) is 1.60. The van der Waals surface area contributed by atoms with Gasteiger partial charge in [0, 0.05) is 11.9 Å². The summed E-state index contributed by atoms with van der Waals surface area (Å²) in [5.74, 6) is 0. The molecule has 16 heavy (non-hydrogen) atoms. The molecule has 1 aromatic carbocycles. The molecule has 2 rings (SSSR count). The number of rotatable bonds is 4. The van der Waals surface area contributed by atoms with Crippen molar-refractivity contribution in [3.63, 3.8) is 0 Å². The molecule has 0 aliphatic heterocycles. The average molecular weight is 225 g/mol. The van der Waals surface area contributed by atoms with E-state index in [1.54, 1.807) is 31.3 Å². The summed E-state index contributed by atoms with van der Waals surface area (Å²) in [6, 6.07) is 6.57. The van der Waals surface area contributed by atoms with Gasteiger partial charge in [0.2, 0.25) is 0 Å². The molecule has 0 fully saturated rings. The van der Waals surface area contributed by atoms with Crippen LogP contribution in [0.25, 0.3) is 11.0 Å². The van der Waals surface area contributed by atoms with E-state index in [1.165, 1.54) is 6.26 Å². The quantitative estimate of drug-likeness (QED) is 0.865. The minimum absolute atomic E-state index is 0.0488. The van der Waals surface area contributed by atoms with E-state index in [9.17, 15) is 8.78 Å².